The first kappa shape index (κ1) is 14.5. The fourth-order valence-corrected chi connectivity index (χ4v) is 2.82. The monoisotopic (exact) mass is 329 g/mol. The zero-order valence-corrected chi connectivity index (χ0v) is 11.4. The van der Waals surface area contributed by atoms with Gasteiger partial charge >= 0.3 is 6.18 Å². The van der Waals surface area contributed by atoms with Crippen LogP contribution >= 0.6 is 11.8 Å². The average Bonchev–Trinajstić information content (AvgIpc) is 2.90. The molecule has 1 aliphatic heterocycles. The average molecular weight is 329 g/mol. The van der Waals surface area contributed by atoms with E-state index in [0.717, 1.165) is 16.6 Å². The summed E-state index contributed by atoms with van der Waals surface area (Å²) in [4.78, 5) is 10.9. The number of nitrogens with zero attached hydrogens (tertiary/aromatic N) is 5. The molecule has 0 bridgehead atoms. The number of alkyl halides is 3. The quantitative estimate of drug-likeness (QED) is 0.624. The molecule has 0 unspecified atom stereocenters. The molecule has 1 aromatic carbocycles. The summed E-state index contributed by atoms with van der Waals surface area (Å²) in [6.45, 7) is 0. The number of hydrogen-bond acceptors (Lipinski definition) is 6. The van der Waals surface area contributed by atoms with Crippen LogP contribution in [0.3, 0.4) is 0 Å². The van der Waals surface area contributed by atoms with Crippen LogP contribution < -0.4 is 0 Å². The molecule has 0 saturated heterocycles. The number of rotatable bonds is 2. The fraction of sp³-hybridized carbons (Fsp3) is 0.182. The Balaban J connectivity index is 1.94. The van der Waals surface area contributed by atoms with E-state index in [0.29, 0.717) is 11.3 Å². The fourth-order valence-electron chi connectivity index (χ4n) is 1.83. The number of thioether (sulfide) groups is 1. The number of hydrogen-bond donors (Lipinski definition) is 0. The number of aromatic nitrogens is 3. The molecule has 1 aliphatic rings. The molecule has 114 valence electrons. The summed E-state index contributed by atoms with van der Waals surface area (Å²) >= 11 is 0.916. The molecule has 2 aromatic rings. The van der Waals surface area contributed by atoms with E-state index < -0.39 is 16.8 Å². The minimum Gasteiger partial charge on any atom is -0.258 e. The molecule has 0 spiro atoms. The van der Waals surface area contributed by atoms with Crippen LogP contribution in [0.4, 0.5) is 18.9 Å². The molecule has 11 heteroatoms. The van der Waals surface area contributed by atoms with Crippen LogP contribution in [0.2, 0.25) is 0 Å². The van der Waals surface area contributed by atoms with Crippen LogP contribution in [-0.2, 0) is 6.18 Å². The summed E-state index contributed by atoms with van der Waals surface area (Å²) in [6, 6.07) is 5.59. The summed E-state index contributed by atoms with van der Waals surface area (Å²) in [5, 5.41) is 20.9. The van der Waals surface area contributed by atoms with Gasteiger partial charge in [-0.15, -0.1) is 9.89 Å². The van der Waals surface area contributed by atoms with Crippen LogP contribution in [0.15, 0.2) is 34.4 Å². The van der Waals surface area contributed by atoms with Crippen molar-refractivity contribution in [3.8, 4) is 0 Å². The van der Waals surface area contributed by atoms with Gasteiger partial charge in [0, 0.05) is 17.9 Å². The maximum Gasteiger partial charge on any atom is 0.438 e. The SMILES string of the molecule is O=[N+]([O-])c1ccc(C2=Nn3nnc(C(F)(F)F)c3SC2)cc1. The standard InChI is InChI=1S/C11H6F3N5O2S/c12-11(13,14)9-10-18(17-15-9)16-8(5-22-10)6-1-3-7(4-2-6)19(20)21/h1-4H,5H2. The Hall–Kier alpha value is -2.43. The largest absolute Gasteiger partial charge is 0.438 e. The Morgan fingerprint density at radius 3 is 2.55 bits per heavy atom. The smallest absolute Gasteiger partial charge is 0.258 e. The van der Waals surface area contributed by atoms with Crippen LogP contribution in [0.1, 0.15) is 11.3 Å². The Morgan fingerprint density at radius 2 is 1.95 bits per heavy atom. The van der Waals surface area contributed by atoms with E-state index in [9.17, 15) is 23.3 Å². The van der Waals surface area contributed by atoms with Crippen LogP contribution in [0.25, 0.3) is 0 Å². The van der Waals surface area contributed by atoms with Crippen molar-refractivity contribution in [3.63, 3.8) is 0 Å². The van der Waals surface area contributed by atoms with Crippen molar-refractivity contribution in [3.05, 3.63) is 45.6 Å². The molecule has 22 heavy (non-hydrogen) atoms. The number of benzene rings is 1. The lowest BCUT2D eigenvalue weighted by Crippen LogP contribution is -2.15. The van der Waals surface area contributed by atoms with Gasteiger partial charge in [0.05, 0.1) is 10.6 Å². The van der Waals surface area contributed by atoms with Crippen molar-refractivity contribution in [1.29, 1.82) is 0 Å². The first-order valence-electron chi connectivity index (χ1n) is 5.84. The first-order chi connectivity index (χ1) is 10.4. The van der Waals surface area contributed by atoms with Crippen molar-refractivity contribution in [2.75, 3.05) is 5.75 Å². The second-order valence-corrected chi connectivity index (χ2v) is 5.23. The van der Waals surface area contributed by atoms with Gasteiger partial charge in [-0.05, 0) is 22.9 Å². The van der Waals surface area contributed by atoms with E-state index in [2.05, 4.69) is 15.4 Å². The minimum atomic E-state index is -4.58. The summed E-state index contributed by atoms with van der Waals surface area (Å²) in [5.74, 6) is 0.189. The third-order valence-corrected chi connectivity index (χ3v) is 3.90. The number of fused-ring (bicyclic) bond motifs is 1. The molecule has 7 nitrogen and oxygen atoms in total. The van der Waals surface area contributed by atoms with Gasteiger partial charge in [0.2, 0.25) is 5.69 Å². The maximum absolute atomic E-state index is 12.7. The molecule has 0 radical (unpaired) electrons. The normalized spacial score (nSPS) is 14.4. The number of halogens is 3. The highest BCUT2D eigenvalue weighted by molar-refractivity contribution is 8.00. The topological polar surface area (TPSA) is 86.2 Å². The van der Waals surface area contributed by atoms with Crippen molar-refractivity contribution in [1.82, 2.24) is 15.1 Å². The summed E-state index contributed by atoms with van der Waals surface area (Å²) in [5.41, 5.74) is -0.101. The molecule has 3 rings (SSSR count). The van der Waals surface area contributed by atoms with Crippen molar-refractivity contribution >= 4 is 23.2 Å². The lowest BCUT2D eigenvalue weighted by atomic mass is 10.1. The van der Waals surface area contributed by atoms with E-state index in [1.165, 1.54) is 24.3 Å². The van der Waals surface area contributed by atoms with Crippen molar-refractivity contribution in [2.45, 2.75) is 11.2 Å². The summed E-state index contributed by atoms with van der Waals surface area (Å²) < 4.78 is 38.1. The highest BCUT2D eigenvalue weighted by Gasteiger charge is 2.40. The second-order valence-electron chi connectivity index (χ2n) is 4.27. The Morgan fingerprint density at radius 1 is 1.27 bits per heavy atom. The van der Waals surface area contributed by atoms with Crippen LogP contribution in [0, 0.1) is 10.1 Å². The van der Waals surface area contributed by atoms with Gasteiger partial charge in [-0.25, -0.2) is 0 Å². The summed E-state index contributed by atoms with van der Waals surface area (Å²) in [7, 11) is 0. The van der Waals surface area contributed by atoms with Gasteiger partial charge in [-0.2, -0.15) is 18.3 Å². The van der Waals surface area contributed by atoms with Gasteiger partial charge in [0.15, 0.2) is 5.03 Å². The summed E-state index contributed by atoms with van der Waals surface area (Å²) in [6.07, 6.45) is -4.58. The van der Waals surface area contributed by atoms with Crippen molar-refractivity contribution in [2.24, 2.45) is 5.10 Å². The third kappa shape index (κ3) is 2.54. The maximum atomic E-state index is 12.7. The zero-order chi connectivity index (χ0) is 15.9. The van der Waals surface area contributed by atoms with E-state index in [-0.39, 0.29) is 16.5 Å². The van der Waals surface area contributed by atoms with Gasteiger partial charge in [-0.3, -0.25) is 10.1 Å². The van der Waals surface area contributed by atoms with Crippen LogP contribution in [-0.4, -0.2) is 31.5 Å². The van der Waals surface area contributed by atoms with Gasteiger partial charge < -0.3 is 0 Å². The number of nitro benzene ring substituents is 1. The first-order valence-corrected chi connectivity index (χ1v) is 6.83. The molecule has 2 heterocycles. The molecule has 0 amide bonds. The minimum absolute atomic E-state index is 0.0754. The zero-order valence-electron chi connectivity index (χ0n) is 10.6. The predicted octanol–water partition coefficient (Wildman–Crippen LogP) is 2.56. The van der Waals surface area contributed by atoms with E-state index in [1.54, 1.807) is 0 Å². The molecule has 0 saturated carbocycles. The molecular weight excluding hydrogens is 323 g/mol. The molecule has 0 N–H and O–H groups in total. The lowest BCUT2D eigenvalue weighted by molar-refractivity contribution is -0.384. The van der Waals surface area contributed by atoms with E-state index in [4.69, 9.17) is 0 Å². The molecule has 0 fully saturated rings. The lowest BCUT2D eigenvalue weighted by Gasteiger charge is -2.13. The Labute approximate surface area is 125 Å². The van der Waals surface area contributed by atoms with Gasteiger partial charge in [-0.1, -0.05) is 11.8 Å². The molecular formula is C11H6F3N5O2S. The Kier molecular flexibility index (Phi) is 3.35. The molecule has 1 aromatic heterocycles. The predicted molar refractivity (Wildman–Crippen MR) is 70.8 cm³/mol. The second kappa shape index (κ2) is 5.09. The highest BCUT2D eigenvalue weighted by Crippen LogP contribution is 2.36. The molecule has 0 atom stereocenters. The van der Waals surface area contributed by atoms with Crippen LogP contribution in [0.5, 0.6) is 0 Å². The highest BCUT2D eigenvalue weighted by atomic mass is 32.2. The number of nitro groups is 1. The van der Waals surface area contributed by atoms with E-state index >= 15 is 0 Å². The Bertz CT molecular complexity index is 769. The number of non-ortho nitro benzene ring substituents is 1. The van der Waals surface area contributed by atoms with Gasteiger partial charge in [0.25, 0.3) is 5.69 Å². The third-order valence-electron chi connectivity index (χ3n) is 2.85. The van der Waals surface area contributed by atoms with Crippen molar-refractivity contribution < 1.29 is 18.1 Å². The van der Waals surface area contributed by atoms with Gasteiger partial charge in [0.1, 0.15) is 0 Å². The van der Waals surface area contributed by atoms with E-state index in [1.807, 2.05) is 0 Å². The molecule has 0 aliphatic carbocycles.